The Kier molecular flexibility index (Phi) is 10.7. The van der Waals surface area contributed by atoms with E-state index in [2.05, 4.69) is 19.9 Å². The van der Waals surface area contributed by atoms with Crippen molar-refractivity contribution in [3.05, 3.63) is 64.7 Å². The van der Waals surface area contributed by atoms with E-state index in [9.17, 15) is 20.3 Å². The molecular formula is C38H51FN2O3. The first kappa shape index (κ1) is 32.5. The third-order valence-corrected chi connectivity index (χ3v) is 11.4. The van der Waals surface area contributed by atoms with Crippen LogP contribution in [0.5, 0.6) is 5.75 Å². The van der Waals surface area contributed by atoms with Gasteiger partial charge in [-0.1, -0.05) is 58.4 Å². The molecule has 1 amide bonds. The van der Waals surface area contributed by atoms with Crippen LogP contribution in [-0.2, 0) is 6.42 Å². The predicted molar refractivity (Wildman–Crippen MR) is 172 cm³/mol. The highest BCUT2D eigenvalue weighted by Crippen LogP contribution is 2.63. The molecule has 3 aliphatic carbocycles. The summed E-state index contributed by atoms with van der Waals surface area (Å²) in [4.78, 5) is 15.5. The van der Waals surface area contributed by atoms with E-state index >= 15 is 4.39 Å². The average molecular weight is 603 g/mol. The van der Waals surface area contributed by atoms with Gasteiger partial charge in [0.25, 0.3) is 5.91 Å². The highest BCUT2D eigenvalue weighted by atomic mass is 19.1. The first-order valence-electron chi connectivity index (χ1n) is 17.2. The molecule has 2 saturated carbocycles. The van der Waals surface area contributed by atoms with Gasteiger partial charge < -0.3 is 15.1 Å². The third-order valence-electron chi connectivity index (χ3n) is 11.4. The van der Waals surface area contributed by atoms with E-state index in [1.54, 1.807) is 30.3 Å². The number of unbranched alkanes of at least 4 members (excludes halogenated alkanes) is 6. The number of aromatic hydroxyl groups is 1. The number of rotatable bonds is 13. The summed E-state index contributed by atoms with van der Waals surface area (Å²) in [5, 5.41) is 30.4. The number of amides is 1. The van der Waals surface area contributed by atoms with Gasteiger partial charge in [0, 0.05) is 24.6 Å². The van der Waals surface area contributed by atoms with Crippen molar-refractivity contribution in [3.63, 3.8) is 0 Å². The van der Waals surface area contributed by atoms with Gasteiger partial charge in [0.15, 0.2) is 0 Å². The van der Waals surface area contributed by atoms with Crippen LogP contribution in [0, 0.1) is 34.5 Å². The molecule has 2 fully saturated rings. The van der Waals surface area contributed by atoms with E-state index in [4.69, 9.17) is 0 Å². The molecule has 0 aromatic heterocycles. The Hall–Kier alpha value is -2.91. The fourth-order valence-electron chi connectivity index (χ4n) is 9.01. The standard InChI is InChI=1S/C38H51FN2O3/c1-3-4-5-6-7-9-20-41(37(44)27-14-12-26(25-40)13-15-27)21-10-8-11-28-22-29-23-30(42)16-17-31(29)36-33(39)24-38(2)32(35(28)36)18-19-34(38)43/h12-17,23,28,32-36,42-43H,3-11,18-22,24H2,1-2H3/t28-,32+,33+,34+,35+,36+,38+/m1/s1. The van der Waals surface area contributed by atoms with Gasteiger partial charge >= 0.3 is 0 Å². The molecule has 0 radical (unpaired) electrons. The molecule has 0 heterocycles. The minimum atomic E-state index is -1.00. The van der Waals surface area contributed by atoms with E-state index in [0.717, 1.165) is 69.0 Å². The second-order valence-corrected chi connectivity index (χ2v) is 14.1. The molecule has 0 bridgehead atoms. The zero-order valence-electron chi connectivity index (χ0n) is 26.7. The molecule has 2 N–H and O–H groups in total. The van der Waals surface area contributed by atoms with E-state index in [-0.39, 0.29) is 34.8 Å². The lowest BCUT2D eigenvalue weighted by Gasteiger charge is -2.54. The molecule has 0 aliphatic heterocycles. The SMILES string of the molecule is CCCCCCCCN(CCCC[C@@H]1Cc2cc(O)ccc2[C@@H]2[C@@H]1[C@@H]1CC[C@H](O)[C@@]1(C)C[C@@H]2F)C(=O)c1ccc(C#N)cc1. The molecule has 2 aromatic carbocycles. The number of halogens is 1. The van der Waals surface area contributed by atoms with Crippen molar-refractivity contribution in [1.82, 2.24) is 4.90 Å². The molecule has 6 heteroatoms. The number of carbonyl (C=O) groups is 1. The first-order valence-corrected chi connectivity index (χ1v) is 17.2. The van der Waals surface area contributed by atoms with Crippen molar-refractivity contribution in [1.29, 1.82) is 5.26 Å². The van der Waals surface area contributed by atoms with Crippen molar-refractivity contribution < 1.29 is 19.4 Å². The average Bonchev–Trinajstić information content (AvgIpc) is 3.32. The highest BCUT2D eigenvalue weighted by Gasteiger charge is 2.59. The number of hydrogen-bond acceptors (Lipinski definition) is 4. The quantitative estimate of drug-likeness (QED) is 0.226. The van der Waals surface area contributed by atoms with Gasteiger partial charge in [-0.3, -0.25) is 4.79 Å². The van der Waals surface area contributed by atoms with Crippen LogP contribution >= 0.6 is 0 Å². The Bertz CT molecular complexity index is 1310. The maximum absolute atomic E-state index is 16.1. The summed E-state index contributed by atoms with van der Waals surface area (Å²) in [7, 11) is 0. The molecule has 238 valence electrons. The highest BCUT2D eigenvalue weighted by molar-refractivity contribution is 5.94. The summed E-state index contributed by atoms with van der Waals surface area (Å²) < 4.78 is 16.1. The van der Waals surface area contributed by atoms with Crippen molar-refractivity contribution in [3.8, 4) is 11.8 Å². The maximum atomic E-state index is 16.1. The number of fused-ring (bicyclic) bond motifs is 5. The number of benzene rings is 2. The zero-order chi connectivity index (χ0) is 31.3. The van der Waals surface area contributed by atoms with Gasteiger partial charge in [0.2, 0.25) is 0 Å². The van der Waals surface area contributed by atoms with Crippen LogP contribution in [0.1, 0.15) is 124 Å². The van der Waals surface area contributed by atoms with Crippen LogP contribution in [0.4, 0.5) is 4.39 Å². The Balaban J connectivity index is 1.27. The van der Waals surface area contributed by atoms with Gasteiger partial charge in [0.05, 0.1) is 17.7 Å². The molecule has 44 heavy (non-hydrogen) atoms. The number of phenolic OH excluding ortho intramolecular Hbond substituents is 1. The van der Waals surface area contributed by atoms with Crippen LogP contribution in [-0.4, -0.2) is 46.4 Å². The summed E-state index contributed by atoms with van der Waals surface area (Å²) >= 11 is 0. The lowest BCUT2D eigenvalue weighted by molar-refractivity contribution is -0.0722. The van der Waals surface area contributed by atoms with Crippen LogP contribution in [0.3, 0.4) is 0 Å². The van der Waals surface area contributed by atoms with Gasteiger partial charge in [-0.15, -0.1) is 0 Å². The number of nitriles is 1. The normalized spacial score (nSPS) is 28.9. The van der Waals surface area contributed by atoms with Gasteiger partial charge in [-0.25, -0.2) is 4.39 Å². The molecule has 5 rings (SSSR count). The molecule has 0 unspecified atom stereocenters. The zero-order valence-corrected chi connectivity index (χ0v) is 26.7. The van der Waals surface area contributed by atoms with E-state index in [1.807, 2.05) is 17.0 Å². The fraction of sp³-hybridized carbons (Fsp3) is 0.632. The molecule has 0 spiro atoms. The minimum Gasteiger partial charge on any atom is -0.508 e. The number of hydrogen-bond donors (Lipinski definition) is 2. The van der Waals surface area contributed by atoms with Crippen LogP contribution in [0.25, 0.3) is 0 Å². The largest absolute Gasteiger partial charge is 0.508 e. The van der Waals surface area contributed by atoms with E-state index in [0.29, 0.717) is 30.0 Å². The maximum Gasteiger partial charge on any atom is 0.253 e. The number of nitrogens with zero attached hydrogens (tertiary/aromatic N) is 2. The molecule has 3 aliphatic rings. The molecule has 5 nitrogen and oxygen atoms in total. The van der Waals surface area contributed by atoms with Gasteiger partial charge in [0.1, 0.15) is 11.9 Å². The van der Waals surface area contributed by atoms with Crippen molar-refractivity contribution in [2.75, 3.05) is 13.1 Å². The lowest BCUT2D eigenvalue weighted by Crippen LogP contribution is -2.51. The second kappa shape index (κ2) is 14.5. The summed E-state index contributed by atoms with van der Waals surface area (Å²) in [6.45, 7) is 5.73. The summed E-state index contributed by atoms with van der Waals surface area (Å²) in [6, 6.07) is 14.5. The molecule has 0 saturated heterocycles. The van der Waals surface area contributed by atoms with Crippen LogP contribution in [0.2, 0.25) is 0 Å². The second-order valence-electron chi connectivity index (χ2n) is 14.1. The van der Waals surface area contributed by atoms with Gasteiger partial charge in [-0.2, -0.15) is 5.26 Å². The Morgan fingerprint density at radius 3 is 2.45 bits per heavy atom. The first-order chi connectivity index (χ1) is 21.3. The molecule has 2 aromatic rings. The van der Waals surface area contributed by atoms with Crippen molar-refractivity contribution in [2.45, 2.75) is 116 Å². The topological polar surface area (TPSA) is 84.6 Å². The number of alkyl halides is 1. The summed E-state index contributed by atoms with van der Waals surface area (Å²) in [6.07, 6.45) is 11.2. The van der Waals surface area contributed by atoms with Crippen molar-refractivity contribution in [2.24, 2.45) is 23.2 Å². The third kappa shape index (κ3) is 6.84. The van der Waals surface area contributed by atoms with Crippen LogP contribution < -0.4 is 0 Å². The Morgan fingerprint density at radius 1 is 1.02 bits per heavy atom. The van der Waals surface area contributed by atoms with E-state index < -0.39 is 12.3 Å². The summed E-state index contributed by atoms with van der Waals surface area (Å²) in [5.74, 6) is 0.827. The van der Waals surface area contributed by atoms with Crippen LogP contribution in [0.15, 0.2) is 42.5 Å². The minimum absolute atomic E-state index is 0.0217. The smallest absolute Gasteiger partial charge is 0.253 e. The molecular weight excluding hydrogens is 551 g/mol. The number of aliphatic hydroxyl groups is 1. The Morgan fingerprint density at radius 2 is 1.73 bits per heavy atom. The van der Waals surface area contributed by atoms with E-state index in [1.165, 1.54) is 25.7 Å². The number of aliphatic hydroxyl groups excluding tert-OH is 1. The number of carbonyl (C=O) groups excluding carboxylic acids is 1. The Labute approximate surface area is 263 Å². The predicted octanol–water partition coefficient (Wildman–Crippen LogP) is 8.33. The monoisotopic (exact) mass is 602 g/mol. The molecule has 7 atom stereocenters. The van der Waals surface area contributed by atoms with Gasteiger partial charge in [-0.05, 0) is 116 Å². The lowest BCUT2D eigenvalue weighted by atomic mass is 9.51. The fourth-order valence-corrected chi connectivity index (χ4v) is 9.01. The number of phenols is 1. The van der Waals surface area contributed by atoms with Crippen molar-refractivity contribution >= 4 is 5.91 Å². The summed E-state index contributed by atoms with van der Waals surface area (Å²) in [5.41, 5.74) is 2.92.